The third-order valence-electron chi connectivity index (χ3n) is 4.99. The maximum Gasteiger partial charge on any atom is 0.235 e. The molecule has 3 rings (SSSR count). The molecule has 148 valence electrons. The Hall–Kier alpha value is -4.03. The number of halogens is 1. The van der Waals surface area contributed by atoms with Crippen molar-refractivity contribution in [2.75, 3.05) is 5.32 Å². The van der Waals surface area contributed by atoms with E-state index in [1.807, 2.05) is 42.5 Å². The molecule has 30 heavy (non-hydrogen) atoms. The molecule has 0 aliphatic carbocycles. The van der Waals surface area contributed by atoms with Crippen LogP contribution in [0.25, 0.3) is 10.8 Å². The fourth-order valence-corrected chi connectivity index (χ4v) is 3.54. The van der Waals surface area contributed by atoms with Gasteiger partial charge in [0.05, 0.1) is 12.1 Å². The molecule has 3 aromatic rings. The predicted molar refractivity (Wildman–Crippen MR) is 111 cm³/mol. The topological polar surface area (TPSA) is 93.8 Å². The first-order valence-electron chi connectivity index (χ1n) is 9.29. The van der Waals surface area contributed by atoms with Crippen LogP contribution in [0.1, 0.15) is 18.4 Å². The molecule has 0 aromatic heterocycles. The lowest BCUT2D eigenvalue weighted by atomic mass is 9.75. The van der Waals surface area contributed by atoms with E-state index in [9.17, 15) is 24.5 Å². The second-order valence-corrected chi connectivity index (χ2v) is 6.95. The van der Waals surface area contributed by atoms with Crippen LogP contribution in [-0.2, 0) is 9.59 Å². The molecule has 2 atom stereocenters. The van der Waals surface area contributed by atoms with Crippen LogP contribution >= 0.6 is 0 Å². The molecule has 0 spiro atoms. The van der Waals surface area contributed by atoms with Crippen molar-refractivity contribution >= 4 is 28.2 Å². The lowest BCUT2D eigenvalue weighted by Gasteiger charge is -2.26. The highest BCUT2D eigenvalue weighted by atomic mass is 19.1. The summed E-state index contributed by atoms with van der Waals surface area (Å²) in [5.41, 5.74) is 0.867. The summed E-state index contributed by atoms with van der Waals surface area (Å²) in [7, 11) is 0. The number of hydrogen-bond donors (Lipinski definition) is 1. The summed E-state index contributed by atoms with van der Waals surface area (Å²) in [6.45, 7) is 1.26. The summed E-state index contributed by atoms with van der Waals surface area (Å²) in [6, 6.07) is 21.9. The van der Waals surface area contributed by atoms with Gasteiger partial charge in [0.1, 0.15) is 23.4 Å². The maximum absolute atomic E-state index is 13.1. The van der Waals surface area contributed by atoms with Crippen LogP contribution in [0.15, 0.2) is 66.7 Å². The number of hydrogen-bond acceptors (Lipinski definition) is 4. The van der Waals surface area contributed by atoms with E-state index >= 15 is 0 Å². The SMILES string of the molecule is CC(=O)[C@H](C(=O)Nc1ccc(F)cc1)[C@H](c1ccc2ccccc2c1)C(C#N)C#N. The molecule has 1 amide bonds. The molecular weight excluding hydrogens is 381 g/mol. The van der Waals surface area contributed by atoms with Crippen molar-refractivity contribution in [3.8, 4) is 12.1 Å². The van der Waals surface area contributed by atoms with E-state index in [1.54, 1.807) is 12.1 Å². The third-order valence-corrected chi connectivity index (χ3v) is 4.99. The zero-order valence-corrected chi connectivity index (χ0v) is 16.2. The highest BCUT2D eigenvalue weighted by Crippen LogP contribution is 2.35. The van der Waals surface area contributed by atoms with E-state index in [0.717, 1.165) is 10.8 Å². The van der Waals surface area contributed by atoms with Crippen LogP contribution in [0, 0.1) is 40.3 Å². The van der Waals surface area contributed by atoms with Crippen molar-refractivity contribution in [1.29, 1.82) is 10.5 Å². The number of fused-ring (bicyclic) bond motifs is 1. The maximum atomic E-state index is 13.1. The lowest BCUT2D eigenvalue weighted by Crippen LogP contribution is -2.36. The summed E-state index contributed by atoms with van der Waals surface area (Å²) < 4.78 is 13.1. The van der Waals surface area contributed by atoms with Crippen LogP contribution < -0.4 is 5.32 Å². The minimum Gasteiger partial charge on any atom is -0.325 e. The van der Waals surface area contributed by atoms with Crippen molar-refractivity contribution in [1.82, 2.24) is 0 Å². The van der Waals surface area contributed by atoms with Crippen LogP contribution in [-0.4, -0.2) is 11.7 Å². The predicted octanol–water partition coefficient (Wildman–Crippen LogP) is 4.57. The first-order valence-corrected chi connectivity index (χ1v) is 9.29. The molecule has 5 nitrogen and oxygen atoms in total. The fourth-order valence-electron chi connectivity index (χ4n) is 3.54. The molecule has 0 aliphatic rings. The molecule has 0 heterocycles. The number of carbonyl (C=O) groups is 2. The number of nitrogens with zero attached hydrogens (tertiary/aromatic N) is 2. The highest BCUT2D eigenvalue weighted by Gasteiger charge is 2.39. The van der Waals surface area contributed by atoms with Crippen molar-refractivity contribution in [3.05, 3.63) is 78.1 Å². The number of ketones is 1. The monoisotopic (exact) mass is 399 g/mol. The molecule has 0 radical (unpaired) electrons. The average molecular weight is 399 g/mol. The lowest BCUT2D eigenvalue weighted by molar-refractivity contribution is -0.131. The van der Waals surface area contributed by atoms with Gasteiger partial charge in [-0.2, -0.15) is 10.5 Å². The Bertz CT molecular complexity index is 1160. The van der Waals surface area contributed by atoms with Gasteiger partial charge in [-0.25, -0.2) is 4.39 Å². The van der Waals surface area contributed by atoms with E-state index < -0.39 is 35.3 Å². The summed E-state index contributed by atoms with van der Waals surface area (Å²) in [6.07, 6.45) is 0. The molecular formula is C24H18FN3O2. The minimum absolute atomic E-state index is 0.315. The molecule has 0 aliphatic heterocycles. The summed E-state index contributed by atoms with van der Waals surface area (Å²) in [5.74, 6) is -5.01. The molecule has 6 heteroatoms. The Labute approximate surface area is 173 Å². The zero-order chi connectivity index (χ0) is 21.7. The number of nitriles is 2. The molecule has 0 saturated heterocycles. The van der Waals surface area contributed by atoms with Gasteiger partial charge in [-0.05, 0) is 47.5 Å². The molecule has 1 N–H and O–H groups in total. The quantitative estimate of drug-likeness (QED) is 0.615. The Balaban J connectivity index is 2.05. The van der Waals surface area contributed by atoms with Crippen molar-refractivity contribution in [2.45, 2.75) is 12.8 Å². The zero-order valence-electron chi connectivity index (χ0n) is 16.2. The van der Waals surface area contributed by atoms with Gasteiger partial charge >= 0.3 is 0 Å². The second kappa shape index (κ2) is 8.98. The Kier molecular flexibility index (Phi) is 6.20. The average Bonchev–Trinajstić information content (AvgIpc) is 2.74. The van der Waals surface area contributed by atoms with Crippen molar-refractivity contribution < 1.29 is 14.0 Å². The van der Waals surface area contributed by atoms with Crippen LogP contribution in [0.5, 0.6) is 0 Å². The van der Waals surface area contributed by atoms with E-state index in [2.05, 4.69) is 5.32 Å². The fraction of sp³-hybridized carbons (Fsp3) is 0.167. The van der Waals surface area contributed by atoms with E-state index in [-0.39, 0.29) is 0 Å². The molecule has 0 bridgehead atoms. The first-order chi connectivity index (χ1) is 14.4. The Morgan fingerprint density at radius 3 is 2.17 bits per heavy atom. The van der Waals surface area contributed by atoms with Crippen LogP contribution in [0.2, 0.25) is 0 Å². The smallest absolute Gasteiger partial charge is 0.235 e. The normalized spacial score (nSPS) is 12.6. The number of anilines is 1. The largest absolute Gasteiger partial charge is 0.325 e. The molecule has 3 aromatic carbocycles. The van der Waals surface area contributed by atoms with Gasteiger partial charge in [0.2, 0.25) is 5.91 Å². The van der Waals surface area contributed by atoms with Crippen LogP contribution in [0.3, 0.4) is 0 Å². The number of benzene rings is 3. The van der Waals surface area contributed by atoms with Crippen LogP contribution in [0.4, 0.5) is 10.1 Å². The molecule has 0 saturated carbocycles. The van der Waals surface area contributed by atoms with Crippen molar-refractivity contribution in [3.63, 3.8) is 0 Å². The van der Waals surface area contributed by atoms with Gasteiger partial charge in [0.15, 0.2) is 0 Å². The van der Waals surface area contributed by atoms with Gasteiger partial charge < -0.3 is 5.32 Å². The number of amides is 1. The van der Waals surface area contributed by atoms with Gasteiger partial charge in [-0.3, -0.25) is 9.59 Å². The second-order valence-electron chi connectivity index (χ2n) is 6.95. The van der Waals surface area contributed by atoms with Gasteiger partial charge in [0.25, 0.3) is 0 Å². The summed E-state index contributed by atoms with van der Waals surface area (Å²) in [4.78, 5) is 25.5. The number of nitrogens with one attached hydrogen (secondary N) is 1. The summed E-state index contributed by atoms with van der Waals surface area (Å²) in [5, 5.41) is 23.5. The third kappa shape index (κ3) is 4.34. The molecule has 0 fully saturated rings. The highest BCUT2D eigenvalue weighted by molar-refractivity contribution is 6.07. The Morgan fingerprint density at radius 2 is 1.57 bits per heavy atom. The number of rotatable bonds is 6. The number of carbonyl (C=O) groups excluding carboxylic acids is 2. The standard InChI is InChI=1S/C24H18FN3O2/c1-15(29)22(24(30)28-21-10-8-20(25)9-11-21)23(19(13-26)14-27)18-7-6-16-4-2-3-5-17(16)12-18/h2-12,19,22-23H,1H3,(H,28,30)/t22-,23+/m0/s1. The Morgan fingerprint density at radius 1 is 0.933 bits per heavy atom. The van der Waals surface area contributed by atoms with E-state index in [4.69, 9.17) is 0 Å². The molecule has 0 unspecified atom stereocenters. The van der Waals surface area contributed by atoms with Gasteiger partial charge in [-0.15, -0.1) is 0 Å². The van der Waals surface area contributed by atoms with E-state index in [1.165, 1.54) is 31.2 Å². The van der Waals surface area contributed by atoms with Crippen molar-refractivity contribution in [2.24, 2.45) is 11.8 Å². The van der Waals surface area contributed by atoms with Gasteiger partial charge in [-0.1, -0.05) is 42.5 Å². The van der Waals surface area contributed by atoms with Gasteiger partial charge in [0, 0.05) is 11.6 Å². The number of Topliss-reactive ketones (excluding diaryl/α,β-unsaturated/α-hetero) is 1. The first kappa shape index (κ1) is 20.7. The van der Waals surface area contributed by atoms with E-state index in [0.29, 0.717) is 11.3 Å². The summed E-state index contributed by atoms with van der Waals surface area (Å²) >= 11 is 0. The minimum atomic E-state index is -1.26.